The predicted molar refractivity (Wildman–Crippen MR) is 179 cm³/mol. The molecule has 0 saturated carbocycles. The molecule has 0 radical (unpaired) electrons. The fourth-order valence-corrected chi connectivity index (χ4v) is 6.37. The summed E-state index contributed by atoms with van der Waals surface area (Å²) < 4.78 is 41.0. The van der Waals surface area contributed by atoms with Crippen molar-refractivity contribution in [2.45, 2.75) is 78.1 Å². The smallest absolute Gasteiger partial charge is 0.350 e. The van der Waals surface area contributed by atoms with Crippen LogP contribution in [-0.4, -0.2) is 40.0 Å². The molecule has 9 heteroatoms. The predicted octanol–water partition coefficient (Wildman–Crippen LogP) is 7.10. The Labute approximate surface area is 274 Å². The van der Waals surface area contributed by atoms with Gasteiger partial charge in [-0.1, -0.05) is 80.1 Å². The number of fused-ring (bicyclic) bond motifs is 1. The van der Waals surface area contributed by atoms with Gasteiger partial charge in [-0.05, 0) is 86.5 Å². The summed E-state index contributed by atoms with van der Waals surface area (Å²) in [6, 6.07) is 20.4. The van der Waals surface area contributed by atoms with Crippen LogP contribution >= 0.6 is 0 Å². The van der Waals surface area contributed by atoms with Crippen LogP contribution in [0, 0.1) is 6.92 Å². The number of rotatable bonds is 13. The van der Waals surface area contributed by atoms with Gasteiger partial charge in [-0.15, -0.1) is 0 Å². The minimum absolute atomic E-state index is 0.125. The number of carbonyl (C=O) groups is 1. The van der Waals surface area contributed by atoms with E-state index in [9.17, 15) is 22.8 Å². The highest BCUT2D eigenvalue weighted by Gasteiger charge is 2.31. The van der Waals surface area contributed by atoms with E-state index in [1.54, 1.807) is 0 Å². The number of hydrogen-bond acceptors (Lipinski definition) is 4. The topological polar surface area (TPSA) is 67.2 Å². The van der Waals surface area contributed by atoms with Gasteiger partial charge in [-0.25, -0.2) is 0 Å². The number of nitrogens with one attached hydrogen (secondary N) is 1. The van der Waals surface area contributed by atoms with Gasteiger partial charge in [-0.2, -0.15) is 18.2 Å². The molecule has 6 nitrogen and oxygen atoms in total. The molecule has 0 saturated heterocycles. The normalized spacial score (nSPS) is 13.5. The standard InChI is InChI=1S/C38H43F3N4O2/c1-4-44(5-2)24-23-34(37(47)42-25-28-13-16-29(17-14-28)30-18-20-31(21-19-30)38(39,40)41)45-33-8-6-7-32(33)36(46)43-35(45)22-15-27-11-9-26(3)10-12-27/h9-14,16-21,34H,4-8,15,22-25H2,1-3H3,(H,42,47)/t34-/m1/s1. The van der Waals surface area contributed by atoms with Crippen molar-refractivity contribution in [3.63, 3.8) is 0 Å². The Balaban J connectivity index is 1.38. The summed E-state index contributed by atoms with van der Waals surface area (Å²) in [7, 11) is 0. The Morgan fingerprint density at radius 3 is 2.13 bits per heavy atom. The average molecular weight is 645 g/mol. The minimum atomic E-state index is -4.38. The van der Waals surface area contributed by atoms with E-state index in [1.165, 1.54) is 17.7 Å². The van der Waals surface area contributed by atoms with Gasteiger partial charge in [-0.3, -0.25) is 9.59 Å². The number of alkyl halides is 3. The summed E-state index contributed by atoms with van der Waals surface area (Å²) >= 11 is 0. The number of aromatic nitrogens is 2. The van der Waals surface area contributed by atoms with Crippen LogP contribution in [0.2, 0.25) is 0 Å². The van der Waals surface area contributed by atoms with Crippen LogP contribution in [0.25, 0.3) is 11.1 Å². The molecule has 47 heavy (non-hydrogen) atoms. The molecule has 1 N–H and O–H groups in total. The quantitative estimate of drug-likeness (QED) is 0.169. The highest BCUT2D eigenvalue weighted by atomic mass is 19.4. The van der Waals surface area contributed by atoms with Crippen molar-refractivity contribution in [2.24, 2.45) is 0 Å². The van der Waals surface area contributed by atoms with Crippen molar-refractivity contribution < 1.29 is 18.0 Å². The lowest BCUT2D eigenvalue weighted by Crippen LogP contribution is -2.38. The summed E-state index contributed by atoms with van der Waals surface area (Å²) in [5.41, 5.74) is 5.49. The Hall–Kier alpha value is -4.24. The van der Waals surface area contributed by atoms with E-state index in [1.807, 2.05) is 24.3 Å². The first-order valence-corrected chi connectivity index (χ1v) is 16.5. The molecule has 0 spiro atoms. The fraction of sp³-hybridized carbons (Fsp3) is 0.395. The summed E-state index contributed by atoms with van der Waals surface area (Å²) in [6.45, 7) is 9.04. The molecule has 0 bridgehead atoms. The lowest BCUT2D eigenvalue weighted by molar-refractivity contribution is -0.137. The molecule has 1 aliphatic rings. The van der Waals surface area contributed by atoms with Crippen LogP contribution in [0.3, 0.4) is 0 Å². The largest absolute Gasteiger partial charge is 0.416 e. The van der Waals surface area contributed by atoms with Gasteiger partial charge in [0, 0.05) is 30.8 Å². The summed E-state index contributed by atoms with van der Waals surface area (Å²) in [5.74, 6) is 0.525. The lowest BCUT2D eigenvalue weighted by Gasteiger charge is -2.28. The summed E-state index contributed by atoms with van der Waals surface area (Å²) in [6.07, 6.45) is -0.261. The van der Waals surface area contributed by atoms with Crippen molar-refractivity contribution in [2.75, 3.05) is 19.6 Å². The second-order valence-electron chi connectivity index (χ2n) is 12.3. The van der Waals surface area contributed by atoms with Crippen LogP contribution in [0.5, 0.6) is 0 Å². The molecule has 1 heterocycles. The van der Waals surface area contributed by atoms with Crippen LogP contribution in [0.1, 0.15) is 72.1 Å². The maximum atomic E-state index is 14.1. The van der Waals surface area contributed by atoms with Crippen molar-refractivity contribution in [3.05, 3.63) is 122 Å². The molecule has 1 amide bonds. The highest BCUT2D eigenvalue weighted by molar-refractivity contribution is 5.80. The van der Waals surface area contributed by atoms with E-state index in [0.29, 0.717) is 43.6 Å². The third kappa shape index (κ3) is 8.38. The lowest BCUT2D eigenvalue weighted by atomic mass is 10.0. The molecular formula is C38H43F3N4O2. The molecule has 0 unspecified atom stereocenters. The first kappa shape index (κ1) is 34.1. The van der Waals surface area contributed by atoms with E-state index in [2.05, 4.69) is 64.8 Å². The molecule has 248 valence electrons. The Bertz CT molecular complexity index is 1710. The number of benzene rings is 3. The number of carbonyl (C=O) groups excluding carboxylic acids is 1. The van der Waals surface area contributed by atoms with E-state index in [4.69, 9.17) is 0 Å². The molecular weight excluding hydrogens is 601 g/mol. The summed E-state index contributed by atoms with van der Waals surface area (Å²) in [4.78, 5) is 34.1. The third-order valence-electron chi connectivity index (χ3n) is 9.20. The highest BCUT2D eigenvalue weighted by Crippen LogP contribution is 2.31. The van der Waals surface area contributed by atoms with Crippen molar-refractivity contribution >= 4 is 5.91 Å². The van der Waals surface area contributed by atoms with Crippen LogP contribution in [-0.2, 0) is 43.2 Å². The zero-order valence-electron chi connectivity index (χ0n) is 27.4. The van der Waals surface area contributed by atoms with E-state index in [-0.39, 0.29) is 11.5 Å². The van der Waals surface area contributed by atoms with Gasteiger partial charge in [0.15, 0.2) is 0 Å². The number of hydrogen-bond donors (Lipinski definition) is 1. The van der Waals surface area contributed by atoms with Crippen molar-refractivity contribution in [1.82, 2.24) is 19.8 Å². The molecule has 0 aliphatic heterocycles. The molecule has 5 rings (SSSR count). The van der Waals surface area contributed by atoms with Gasteiger partial charge in [0.2, 0.25) is 5.91 Å². The van der Waals surface area contributed by atoms with Crippen LogP contribution < -0.4 is 10.9 Å². The summed E-state index contributed by atoms with van der Waals surface area (Å²) in [5, 5.41) is 3.14. The molecule has 0 fully saturated rings. The minimum Gasteiger partial charge on any atom is -0.350 e. The maximum Gasteiger partial charge on any atom is 0.416 e. The Morgan fingerprint density at radius 1 is 0.894 bits per heavy atom. The van der Waals surface area contributed by atoms with E-state index < -0.39 is 17.8 Å². The zero-order chi connectivity index (χ0) is 33.6. The Morgan fingerprint density at radius 2 is 1.51 bits per heavy atom. The number of amides is 1. The number of nitrogens with zero attached hydrogens (tertiary/aromatic N) is 3. The monoisotopic (exact) mass is 644 g/mol. The Kier molecular flexibility index (Phi) is 11.0. The third-order valence-corrected chi connectivity index (χ3v) is 9.20. The average Bonchev–Trinajstić information content (AvgIpc) is 3.57. The number of halogens is 3. The molecule has 1 aromatic heterocycles. The van der Waals surface area contributed by atoms with E-state index >= 15 is 0 Å². The molecule has 1 aliphatic carbocycles. The number of aryl methyl sites for hydroxylation is 3. The van der Waals surface area contributed by atoms with Crippen LogP contribution in [0.4, 0.5) is 13.2 Å². The van der Waals surface area contributed by atoms with Gasteiger partial charge >= 0.3 is 6.18 Å². The SMILES string of the molecule is CCN(CC)CC[C@H](C(=O)NCc1ccc(-c2ccc(C(F)(F)F)cc2)cc1)n1c(CCc2ccc(C)cc2)nc(=O)c2c1CCC2. The van der Waals surface area contributed by atoms with E-state index in [0.717, 1.165) is 72.6 Å². The van der Waals surface area contributed by atoms with Gasteiger partial charge in [0.1, 0.15) is 11.9 Å². The van der Waals surface area contributed by atoms with Crippen molar-refractivity contribution in [1.29, 1.82) is 0 Å². The second-order valence-corrected chi connectivity index (χ2v) is 12.3. The molecule has 1 atom stereocenters. The molecule has 4 aromatic rings. The second kappa shape index (κ2) is 15.1. The fourth-order valence-electron chi connectivity index (χ4n) is 6.37. The van der Waals surface area contributed by atoms with Crippen LogP contribution in [0.15, 0.2) is 77.6 Å². The van der Waals surface area contributed by atoms with Gasteiger partial charge < -0.3 is 14.8 Å². The first-order valence-electron chi connectivity index (χ1n) is 16.5. The maximum absolute atomic E-state index is 14.1. The van der Waals surface area contributed by atoms with Gasteiger partial charge in [0.25, 0.3) is 5.56 Å². The molecule has 3 aromatic carbocycles. The zero-order valence-corrected chi connectivity index (χ0v) is 27.4. The first-order chi connectivity index (χ1) is 22.6. The van der Waals surface area contributed by atoms with Crippen molar-refractivity contribution in [3.8, 4) is 11.1 Å². The van der Waals surface area contributed by atoms with Gasteiger partial charge in [0.05, 0.1) is 5.56 Å².